The summed E-state index contributed by atoms with van der Waals surface area (Å²) in [6.45, 7) is 2.10. The topological polar surface area (TPSA) is 156 Å². The number of rotatable bonds is 9. The number of nitrogens with one attached hydrogen (secondary N) is 1. The highest BCUT2D eigenvalue weighted by Crippen LogP contribution is 2.30. The van der Waals surface area contributed by atoms with Crippen molar-refractivity contribution < 1.29 is 39.1 Å². The minimum Gasteiger partial charge on any atom is -0.358 e. The van der Waals surface area contributed by atoms with E-state index in [0.717, 1.165) is 23.3 Å². The van der Waals surface area contributed by atoms with Gasteiger partial charge in [-0.05, 0) is 42.7 Å². The Kier molecular flexibility index (Phi) is 7.56. The highest BCUT2D eigenvalue weighted by Gasteiger charge is 2.18. The molecule has 0 atom stereocenters. The van der Waals surface area contributed by atoms with Crippen LogP contribution in [-0.4, -0.2) is 38.4 Å². The third-order valence-electron chi connectivity index (χ3n) is 3.58. The Morgan fingerprint density at radius 2 is 1.67 bits per heavy atom. The fraction of sp³-hybridized carbons (Fsp3) is 0.167. The van der Waals surface area contributed by atoms with E-state index in [1.165, 1.54) is 12.1 Å². The van der Waals surface area contributed by atoms with Gasteiger partial charge < -0.3 is 13.7 Å². The zero-order valence-electron chi connectivity index (χ0n) is 15.7. The molecule has 0 spiro atoms. The maximum atomic E-state index is 11.9. The summed E-state index contributed by atoms with van der Waals surface area (Å²) in [6.07, 6.45) is 3.24. The van der Waals surface area contributed by atoms with Crippen molar-refractivity contribution in [3.05, 3.63) is 65.2 Å². The molecule has 2 rings (SSSR count). The van der Waals surface area contributed by atoms with Crippen molar-refractivity contribution in [2.45, 2.75) is 13.3 Å². The average Bonchev–Trinajstić information content (AvgIpc) is 2.60. The molecule has 0 radical (unpaired) electrons. The van der Waals surface area contributed by atoms with E-state index in [4.69, 9.17) is 9.11 Å². The maximum absolute atomic E-state index is 11.9. The van der Waals surface area contributed by atoms with Crippen LogP contribution in [0.4, 0.5) is 0 Å². The maximum Gasteiger partial charge on any atom is 0.446 e. The second-order valence-corrected chi connectivity index (χ2v) is 8.14. The average molecular weight is 457 g/mol. The molecule has 12 heteroatoms. The largest absolute Gasteiger partial charge is 0.446 e. The van der Waals surface area contributed by atoms with Gasteiger partial charge in [0.05, 0.1) is 0 Å². The number of benzene rings is 2. The van der Waals surface area contributed by atoms with Crippen LogP contribution in [0.3, 0.4) is 0 Å². The number of carbonyl (C=O) groups excluding carboxylic acids is 1. The van der Waals surface area contributed by atoms with Crippen LogP contribution in [0.5, 0.6) is 11.5 Å². The Labute approximate surface area is 174 Å². The number of aryl methyl sites for hydroxylation is 1. The van der Waals surface area contributed by atoms with Gasteiger partial charge in [0.25, 0.3) is 0 Å². The Balaban J connectivity index is 2.02. The van der Waals surface area contributed by atoms with Crippen LogP contribution in [0.15, 0.2) is 48.5 Å². The van der Waals surface area contributed by atoms with Crippen LogP contribution in [0.25, 0.3) is 6.08 Å². The number of hydrogen-bond donors (Lipinski definition) is 3. The Hall–Kier alpha value is -2.93. The standard InChI is InChI=1S/C18H19NO9S2/c1-13-3-2-4-14(11-13)6-8-18(20)19-10-9-15-5-7-16(27-29(21,22)23)17(12-15)28-30(24,25)26/h2-8,11-12H,9-10H2,1H3,(H,19,20)(H,21,22,23)(H,24,25,26)/b8-6+. The van der Waals surface area contributed by atoms with Crippen LogP contribution < -0.4 is 13.7 Å². The van der Waals surface area contributed by atoms with Crippen LogP contribution in [0.2, 0.25) is 0 Å². The van der Waals surface area contributed by atoms with Crippen LogP contribution >= 0.6 is 0 Å². The Bertz CT molecular complexity index is 1160. The van der Waals surface area contributed by atoms with E-state index in [2.05, 4.69) is 13.7 Å². The van der Waals surface area contributed by atoms with Gasteiger partial charge in [0.2, 0.25) is 5.91 Å². The normalized spacial score (nSPS) is 12.0. The lowest BCUT2D eigenvalue weighted by Gasteiger charge is -2.10. The molecule has 3 N–H and O–H groups in total. The van der Waals surface area contributed by atoms with E-state index in [-0.39, 0.29) is 18.9 Å². The predicted octanol–water partition coefficient (Wildman–Crippen LogP) is 1.73. The first-order chi connectivity index (χ1) is 13.9. The molecule has 0 bridgehead atoms. The van der Waals surface area contributed by atoms with Crippen molar-refractivity contribution in [3.63, 3.8) is 0 Å². The molecule has 0 saturated heterocycles. The molecule has 0 aromatic heterocycles. The molecule has 0 heterocycles. The van der Waals surface area contributed by atoms with Gasteiger partial charge in [-0.15, -0.1) is 0 Å². The van der Waals surface area contributed by atoms with Gasteiger partial charge in [-0.1, -0.05) is 35.9 Å². The molecule has 2 aromatic carbocycles. The van der Waals surface area contributed by atoms with E-state index in [0.29, 0.717) is 5.56 Å². The molecule has 0 unspecified atom stereocenters. The molecule has 10 nitrogen and oxygen atoms in total. The summed E-state index contributed by atoms with van der Waals surface area (Å²) >= 11 is 0. The number of carbonyl (C=O) groups is 1. The van der Waals surface area contributed by atoms with Crippen molar-refractivity contribution >= 4 is 32.8 Å². The lowest BCUT2D eigenvalue weighted by Crippen LogP contribution is -2.23. The fourth-order valence-electron chi connectivity index (χ4n) is 2.40. The lowest BCUT2D eigenvalue weighted by molar-refractivity contribution is -0.116. The predicted molar refractivity (Wildman–Crippen MR) is 108 cm³/mol. The summed E-state index contributed by atoms with van der Waals surface area (Å²) in [4.78, 5) is 11.9. The zero-order chi connectivity index (χ0) is 22.4. The first kappa shape index (κ1) is 23.3. The summed E-state index contributed by atoms with van der Waals surface area (Å²) in [5.41, 5.74) is 2.35. The molecule has 0 fully saturated rings. The summed E-state index contributed by atoms with van der Waals surface area (Å²) in [6, 6.07) is 11.1. The third kappa shape index (κ3) is 8.61. The highest BCUT2D eigenvalue weighted by atomic mass is 32.3. The second-order valence-electron chi connectivity index (χ2n) is 6.09. The fourth-order valence-corrected chi connectivity index (χ4v) is 3.13. The smallest absolute Gasteiger partial charge is 0.358 e. The molecular formula is C18H19NO9S2. The van der Waals surface area contributed by atoms with Gasteiger partial charge in [-0.3, -0.25) is 13.9 Å². The van der Waals surface area contributed by atoms with Crippen molar-refractivity contribution in [2.24, 2.45) is 0 Å². The lowest BCUT2D eigenvalue weighted by atomic mass is 10.1. The van der Waals surface area contributed by atoms with Crippen molar-refractivity contribution in [1.82, 2.24) is 5.32 Å². The van der Waals surface area contributed by atoms with Gasteiger partial charge in [-0.2, -0.15) is 16.8 Å². The quantitative estimate of drug-likeness (QED) is 0.377. The van der Waals surface area contributed by atoms with Gasteiger partial charge in [-0.25, -0.2) is 0 Å². The molecule has 30 heavy (non-hydrogen) atoms. The Morgan fingerprint density at radius 1 is 1.00 bits per heavy atom. The molecule has 1 amide bonds. The second kappa shape index (κ2) is 9.71. The van der Waals surface area contributed by atoms with Crippen LogP contribution in [0.1, 0.15) is 16.7 Å². The molecule has 0 saturated carbocycles. The summed E-state index contributed by atoms with van der Waals surface area (Å²) < 4.78 is 69.6. The molecule has 162 valence electrons. The minimum atomic E-state index is -4.98. The van der Waals surface area contributed by atoms with Crippen molar-refractivity contribution in [3.8, 4) is 11.5 Å². The van der Waals surface area contributed by atoms with Crippen molar-refractivity contribution in [2.75, 3.05) is 6.54 Å². The zero-order valence-corrected chi connectivity index (χ0v) is 17.3. The monoisotopic (exact) mass is 457 g/mol. The van der Waals surface area contributed by atoms with Gasteiger partial charge >= 0.3 is 20.8 Å². The van der Waals surface area contributed by atoms with E-state index in [1.807, 2.05) is 31.2 Å². The van der Waals surface area contributed by atoms with E-state index < -0.39 is 32.3 Å². The third-order valence-corrected chi connectivity index (χ3v) is 4.36. The highest BCUT2D eigenvalue weighted by molar-refractivity contribution is 7.81. The van der Waals surface area contributed by atoms with Gasteiger partial charge in [0.1, 0.15) is 0 Å². The first-order valence-corrected chi connectivity index (χ1v) is 11.1. The van der Waals surface area contributed by atoms with Crippen LogP contribution in [0, 0.1) is 6.92 Å². The SMILES string of the molecule is Cc1cccc(/C=C/C(=O)NCCc2ccc(OS(=O)(=O)O)c(OS(=O)(=O)O)c2)c1. The molecular weight excluding hydrogens is 438 g/mol. The number of hydrogen-bond acceptors (Lipinski definition) is 7. The Morgan fingerprint density at radius 3 is 2.30 bits per heavy atom. The summed E-state index contributed by atoms with van der Waals surface area (Å²) in [5.74, 6) is -1.65. The summed E-state index contributed by atoms with van der Waals surface area (Å²) in [5, 5.41) is 2.64. The molecule has 2 aromatic rings. The number of amides is 1. The van der Waals surface area contributed by atoms with Crippen LogP contribution in [-0.2, 0) is 32.0 Å². The van der Waals surface area contributed by atoms with Crippen molar-refractivity contribution in [1.29, 1.82) is 0 Å². The summed E-state index contributed by atoms with van der Waals surface area (Å²) in [7, 11) is -9.93. The van der Waals surface area contributed by atoms with E-state index in [9.17, 15) is 21.6 Å². The van der Waals surface area contributed by atoms with E-state index >= 15 is 0 Å². The molecule has 0 aliphatic carbocycles. The molecule has 0 aliphatic heterocycles. The van der Waals surface area contributed by atoms with Gasteiger partial charge in [0, 0.05) is 12.6 Å². The van der Waals surface area contributed by atoms with Gasteiger partial charge in [0.15, 0.2) is 11.5 Å². The molecule has 0 aliphatic rings. The minimum absolute atomic E-state index is 0.167. The first-order valence-electron chi connectivity index (χ1n) is 8.40. The van der Waals surface area contributed by atoms with E-state index in [1.54, 1.807) is 6.08 Å².